The fourth-order valence-electron chi connectivity index (χ4n) is 3.99. The van der Waals surface area contributed by atoms with Gasteiger partial charge in [-0.15, -0.1) is 0 Å². The highest BCUT2D eigenvalue weighted by atomic mass is 16.2. The first kappa shape index (κ1) is 16.9. The van der Waals surface area contributed by atoms with E-state index in [1.807, 2.05) is 15.8 Å². The SMILES string of the molecule is CCn1ncc2c1CCC(NC(=O)c1c[nH]c(C(=O)N3CCCC3)c1)C2. The van der Waals surface area contributed by atoms with Crippen molar-refractivity contribution in [2.24, 2.45) is 0 Å². The molecule has 7 nitrogen and oxygen atoms in total. The van der Waals surface area contributed by atoms with E-state index in [4.69, 9.17) is 0 Å². The summed E-state index contributed by atoms with van der Waals surface area (Å²) in [7, 11) is 0. The minimum atomic E-state index is -0.127. The number of H-pyrrole nitrogens is 1. The number of aromatic nitrogens is 3. The molecule has 1 atom stereocenters. The Hall–Kier alpha value is -2.57. The van der Waals surface area contributed by atoms with E-state index >= 15 is 0 Å². The van der Waals surface area contributed by atoms with E-state index in [1.165, 1.54) is 11.3 Å². The molecule has 1 fully saturated rings. The van der Waals surface area contributed by atoms with Gasteiger partial charge >= 0.3 is 0 Å². The predicted octanol–water partition coefficient (Wildman–Crippen LogP) is 1.75. The summed E-state index contributed by atoms with van der Waals surface area (Å²) in [4.78, 5) is 29.8. The zero-order valence-electron chi connectivity index (χ0n) is 15.1. The van der Waals surface area contributed by atoms with Crippen LogP contribution in [0.4, 0.5) is 0 Å². The van der Waals surface area contributed by atoms with Gasteiger partial charge in [0.25, 0.3) is 11.8 Å². The smallest absolute Gasteiger partial charge is 0.270 e. The van der Waals surface area contributed by atoms with E-state index in [-0.39, 0.29) is 17.9 Å². The van der Waals surface area contributed by atoms with Crippen molar-refractivity contribution in [1.82, 2.24) is 25.0 Å². The number of carbonyl (C=O) groups is 2. The standard InChI is InChI=1S/C19H25N5O2/c1-2-24-17-6-5-15(9-13(17)12-21-24)22-18(25)14-10-16(20-11-14)19(26)23-7-3-4-8-23/h10-12,15,20H,2-9H2,1H3,(H,22,25). The van der Waals surface area contributed by atoms with Crippen LogP contribution in [0.5, 0.6) is 0 Å². The fraction of sp³-hybridized carbons (Fsp3) is 0.526. The summed E-state index contributed by atoms with van der Waals surface area (Å²) in [5.74, 6) is -0.145. The Morgan fingerprint density at radius 1 is 1.35 bits per heavy atom. The van der Waals surface area contributed by atoms with Gasteiger partial charge in [-0.05, 0) is 50.7 Å². The molecule has 2 aromatic rings. The molecule has 7 heteroatoms. The Morgan fingerprint density at radius 3 is 2.92 bits per heavy atom. The van der Waals surface area contributed by atoms with Crippen molar-refractivity contribution in [2.75, 3.05) is 13.1 Å². The van der Waals surface area contributed by atoms with Crippen molar-refractivity contribution in [3.05, 3.63) is 41.0 Å². The number of aromatic amines is 1. The minimum Gasteiger partial charge on any atom is -0.356 e. The average molecular weight is 355 g/mol. The van der Waals surface area contributed by atoms with E-state index < -0.39 is 0 Å². The van der Waals surface area contributed by atoms with Gasteiger partial charge in [-0.1, -0.05) is 0 Å². The van der Waals surface area contributed by atoms with E-state index in [0.717, 1.165) is 51.7 Å². The zero-order valence-corrected chi connectivity index (χ0v) is 15.1. The van der Waals surface area contributed by atoms with Crippen molar-refractivity contribution >= 4 is 11.8 Å². The molecule has 138 valence electrons. The van der Waals surface area contributed by atoms with Gasteiger partial charge in [0.05, 0.1) is 11.8 Å². The van der Waals surface area contributed by atoms with Gasteiger partial charge in [0.15, 0.2) is 0 Å². The molecular formula is C19H25N5O2. The lowest BCUT2D eigenvalue weighted by molar-refractivity contribution is 0.0787. The van der Waals surface area contributed by atoms with Crippen LogP contribution in [0.15, 0.2) is 18.5 Å². The predicted molar refractivity (Wildman–Crippen MR) is 97.1 cm³/mol. The van der Waals surface area contributed by atoms with Crippen LogP contribution >= 0.6 is 0 Å². The largest absolute Gasteiger partial charge is 0.356 e. The molecule has 26 heavy (non-hydrogen) atoms. The molecule has 1 unspecified atom stereocenters. The first-order chi connectivity index (χ1) is 12.7. The third-order valence-corrected chi connectivity index (χ3v) is 5.43. The summed E-state index contributed by atoms with van der Waals surface area (Å²) in [6, 6.07) is 1.77. The topological polar surface area (TPSA) is 83.0 Å². The molecule has 3 heterocycles. The maximum Gasteiger partial charge on any atom is 0.270 e. The van der Waals surface area contributed by atoms with Crippen molar-refractivity contribution < 1.29 is 9.59 Å². The highest BCUT2D eigenvalue weighted by Crippen LogP contribution is 2.22. The molecule has 2 aromatic heterocycles. The fourth-order valence-corrected chi connectivity index (χ4v) is 3.99. The normalized spacial score (nSPS) is 19.4. The van der Waals surface area contributed by atoms with Gasteiger partial charge in [0.2, 0.25) is 0 Å². The van der Waals surface area contributed by atoms with Gasteiger partial charge in [-0.3, -0.25) is 14.3 Å². The third kappa shape index (κ3) is 3.13. The number of nitrogens with one attached hydrogen (secondary N) is 2. The molecule has 0 aromatic carbocycles. The second-order valence-electron chi connectivity index (χ2n) is 7.15. The lowest BCUT2D eigenvalue weighted by Gasteiger charge is -2.23. The second kappa shape index (κ2) is 6.97. The summed E-state index contributed by atoms with van der Waals surface area (Å²) in [6.07, 6.45) is 8.30. The molecular weight excluding hydrogens is 330 g/mol. The Bertz CT molecular complexity index is 816. The molecule has 1 aliphatic heterocycles. The number of fused-ring (bicyclic) bond motifs is 1. The molecule has 0 saturated carbocycles. The molecule has 2 N–H and O–H groups in total. The number of carbonyl (C=O) groups excluding carboxylic acids is 2. The van der Waals surface area contributed by atoms with Crippen LogP contribution in [-0.2, 0) is 19.4 Å². The van der Waals surface area contributed by atoms with Crippen molar-refractivity contribution in [1.29, 1.82) is 0 Å². The summed E-state index contributed by atoms with van der Waals surface area (Å²) in [6.45, 7) is 4.57. The number of likely N-dealkylation sites (tertiary alicyclic amines) is 1. The highest BCUT2D eigenvalue weighted by molar-refractivity contribution is 5.99. The van der Waals surface area contributed by atoms with Crippen molar-refractivity contribution in [2.45, 2.75) is 51.6 Å². The summed E-state index contributed by atoms with van der Waals surface area (Å²) in [5, 5.41) is 7.51. The number of aryl methyl sites for hydroxylation is 1. The maximum atomic E-state index is 12.6. The van der Waals surface area contributed by atoms with Crippen LogP contribution in [0.1, 0.15) is 58.3 Å². The molecule has 1 saturated heterocycles. The average Bonchev–Trinajstić information content (AvgIpc) is 3.40. The minimum absolute atomic E-state index is 0.0177. The van der Waals surface area contributed by atoms with Crippen molar-refractivity contribution in [3.8, 4) is 0 Å². The van der Waals surface area contributed by atoms with Crippen LogP contribution in [0.3, 0.4) is 0 Å². The van der Waals surface area contributed by atoms with E-state index in [1.54, 1.807) is 12.3 Å². The van der Waals surface area contributed by atoms with Crippen LogP contribution in [-0.4, -0.2) is 50.6 Å². The molecule has 0 radical (unpaired) electrons. The van der Waals surface area contributed by atoms with Gasteiger partial charge < -0.3 is 15.2 Å². The van der Waals surface area contributed by atoms with Gasteiger partial charge in [0, 0.05) is 37.6 Å². The molecule has 0 bridgehead atoms. The Labute approximate surface area is 152 Å². The number of nitrogens with zero attached hydrogens (tertiary/aromatic N) is 3. The molecule has 4 rings (SSSR count). The van der Waals surface area contributed by atoms with Gasteiger partial charge in [-0.25, -0.2) is 0 Å². The zero-order chi connectivity index (χ0) is 18.1. The number of hydrogen-bond donors (Lipinski definition) is 2. The lowest BCUT2D eigenvalue weighted by atomic mass is 9.93. The first-order valence-corrected chi connectivity index (χ1v) is 9.48. The van der Waals surface area contributed by atoms with E-state index in [2.05, 4.69) is 22.3 Å². The lowest BCUT2D eigenvalue weighted by Crippen LogP contribution is -2.38. The number of hydrogen-bond acceptors (Lipinski definition) is 3. The van der Waals surface area contributed by atoms with Crippen molar-refractivity contribution in [3.63, 3.8) is 0 Å². The molecule has 0 spiro atoms. The molecule has 2 aliphatic rings. The maximum absolute atomic E-state index is 12.6. The van der Waals surface area contributed by atoms with Crippen LogP contribution in [0.25, 0.3) is 0 Å². The molecule has 2 amide bonds. The van der Waals surface area contributed by atoms with Crippen LogP contribution < -0.4 is 5.32 Å². The Kier molecular flexibility index (Phi) is 4.53. The van der Waals surface area contributed by atoms with Crippen LogP contribution in [0.2, 0.25) is 0 Å². The number of amides is 2. The third-order valence-electron chi connectivity index (χ3n) is 5.43. The Balaban J connectivity index is 1.39. The number of rotatable bonds is 4. The second-order valence-corrected chi connectivity index (χ2v) is 7.15. The highest BCUT2D eigenvalue weighted by Gasteiger charge is 2.25. The van der Waals surface area contributed by atoms with Crippen LogP contribution in [0, 0.1) is 0 Å². The van der Waals surface area contributed by atoms with E-state index in [0.29, 0.717) is 11.3 Å². The van der Waals surface area contributed by atoms with Gasteiger partial charge in [0.1, 0.15) is 5.69 Å². The quantitative estimate of drug-likeness (QED) is 0.876. The monoisotopic (exact) mass is 355 g/mol. The summed E-state index contributed by atoms with van der Waals surface area (Å²) >= 11 is 0. The van der Waals surface area contributed by atoms with E-state index in [9.17, 15) is 9.59 Å². The van der Waals surface area contributed by atoms with Gasteiger partial charge in [-0.2, -0.15) is 5.10 Å². The summed E-state index contributed by atoms with van der Waals surface area (Å²) in [5.41, 5.74) is 3.52. The first-order valence-electron chi connectivity index (χ1n) is 9.48. The molecule has 1 aliphatic carbocycles. The summed E-state index contributed by atoms with van der Waals surface area (Å²) < 4.78 is 2.04. The Morgan fingerprint density at radius 2 is 2.15 bits per heavy atom.